The van der Waals surface area contributed by atoms with E-state index in [9.17, 15) is 9.59 Å². The number of rotatable bonds is 5. The Morgan fingerprint density at radius 1 is 1.18 bits per heavy atom. The lowest BCUT2D eigenvalue weighted by molar-refractivity contribution is 0.0366. The van der Waals surface area contributed by atoms with Crippen molar-refractivity contribution < 1.29 is 14.3 Å². The van der Waals surface area contributed by atoms with E-state index in [0.717, 1.165) is 63.2 Å². The molecule has 1 aromatic carbocycles. The van der Waals surface area contributed by atoms with E-state index in [2.05, 4.69) is 37.5 Å². The summed E-state index contributed by atoms with van der Waals surface area (Å²) in [7, 11) is 4.00. The topological polar surface area (TPSA) is 128 Å². The zero-order valence-electron chi connectivity index (χ0n) is 22.0. The lowest BCUT2D eigenvalue weighted by Gasteiger charge is -2.38. The highest BCUT2D eigenvalue weighted by Crippen LogP contribution is 2.34. The maximum absolute atomic E-state index is 13.0. The molecule has 3 aliphatic heterocycles. The Balaban J connectivity index is 1.21. The van der Waals surface area contributed by atoms with Gasteiger partial charge in [0.15, 0.2) is 11.8 Å². The van der Waals surface area contributed by atoms with E-state index in [4.69, 9.17) is 10.5 Å². The van der Waals surface area contributed by atoms with Crippen molar-refractivity contribution in [3.63, 3.8) is 0 Å². The predicted octanol–water partition coefficient (Wildman–Crippen LogP) is 2.38. The van der Waals surface area contributed by atoms with Crippen LogP contribution in [0.25, 0.3) is 0 Å². The second-order valence-corrected chi connectivity index (χ2v) is 10.4. The number of benzene rings is 1. The first kappa shape index (κ1) is 25.8. The number of hydrogen-bond acceptors (Lipinski definition) is 7. The van der Waals surface area contributed by atoms with Gasteiger partial charge in [0.1, 0.15) is 5.60 Å². The summed E-state index contributed by atoms with van der Waals surface area (Å²) in [6, 6.07) is 11.4. The third-order valence-electron chi connectivity index (χ3n) is 7.83. The van der Waals surface area contributed by atoms with E-state index in [0.29, 0.717) is 17.9 Å². The highest BCUT2D eigenvalue weighted by molar-refractivity contribution is 5.97. The third-order valence-corrected chi connectivity index (χ3v) is 7.83. The van der Waals surface area contributed by atoms with Gasteiger partial charge in [0.2, 0.25) is 0 Å². The number of hydrogen-bond donors (Lipinski definition) is 3. The van der Waals surface area contributed by atoms with Crippen molar-refractivity contribution in [2.24, 2.45) is 10.7 Å². The Morgan fingerprint density at radius 3 is 2.55 bits per heavy atom. The summed E-state index contributed by atoms with van der Waals surface area (Å²) >= 11 is 0. The highest BCUT2D eigenvalue weighted by Gasteiger charge is 2.43. The molecule has 38 heavy (non-hydrogen) atoms. The number of nitrogens with zero attached hydrogens (tertiary/aromatic N) is 5. The number of amides is 2. The minimum atomic E-state index is -0.421. The lowest BCUT2D eigenvalue weighted by atomic mass is 9.91. The van der Waals surface area contributed by atoms with Crippen molar-refractivity contribution in [1.29, 1.82) is 0 Å². The number of nitrogens with two attached hydrogens (primary N) is 1. The lowest BCUT2D eigenvalue weighted by Crippen LogP contribution is -2.46. The van der Waals surface area contributed by atoms with Gasteiger partial charge in [0.25, 0.3) is 5.91 Å². The van der Waals surface area contributed by atoms with Crippen LogP contribution in [0.5, 0.6) is 0 Å². The fourth-order valence-electron chi connectivity index (χ4n) is 5.40. The summed E-state index contributed by atoms with van der Waals surface area (Å²) in [6.45, 7) is 4.00. The van der Waals surface area contributed by atoms with E-state index in [1.165, 1.54) is 0 Å². The van der Waals surface area contributed by atoms with Crippen molar-refractivity contribution in [1.82, 2.24) is 20.1 Å². The van der Waals surface area contributed by atoms with Gasteiger partial charge in [-0.15, -0.1) is 0 Å². The average Bonchev–Trinajstić information content (AvgIpc) is 3.29. The van der Waals surface area contributed by atoms with Gasteiger partial charge in [-0.25, -0.2) is 9.78 Å². The van der Waals surface area contributed by atoms with Crippen LogP contribution in [0.4, 0.5) is 22.0 Å². The predicted molar refractivity (Wildman–Crippen MR) is 147 cm³/mol. The minimum Gasteiger partial charge on any atom is -0.441 e. The van der Waals surface area contributed by atoms with Crippen LogP contribution in [0.15, 0.2) is 47.6 Å². The minimum absolute atomic E-state index is 0.0253. The molecule has 11 heteroatoms. The quantitative estimate of drug-likeness (QED) is 0.405. The van der Waals surface area contributed by atoms with Crippen molar-refractivity contribution in [2.75, 3.05) is 57.0 Å². The Bertz CT molecular complexity index is 1190. The molecule has 3 saturated heterocycles. The molecule has 4 heterocycles. The smallest absolute Gasteiger partial charge is 0.407 e. The average molecular weight is 521 g/mol. The number of aliphatic imine (C=N–C) groups is 1. The van der Waals surface area contributed by atoms with Crippen LogP contribution < -0.4 is 21.3 Å². The van der Waals surface area contributed by atoms with Crippen molar-refractivity contribution >= 4 is 35.2 Å². The second kappa shape index (κ2) is 10.9. The van der Waals surface area contributed by atoms with Gasteiger partial charge in [-0.05, 0) is 69.4 Å². The van der Waals surface area contributed by atoms with Gasteiger partial charge in [-0.2, -0.15) is 4.99 Å². The molecule has 3 aliphatic rings. The van der Waals surface area contributed by atoms with E-state index in [1.807, 2.05) is 48.3 Å². The molecule has 4 N–H and O–H groups in total. The molecule has 5 rings (SSSR count). The van der Waals surface area contributed by atoms with Gasteiger partial charge in [0, 0.05) is 56.5 Å². The number of carbonyl (C=O) groups excluding carboxylic acids is 2. The van der Waals surface area contributed by atoms with E-state index < -0.39 is 5.60 Å². The van der Waals surface area contributed by atoms with Crippen LogP contribution >= 0.6 is 0 Å². The maximum atomic E-state index is 13.0. The molecular weight excluding hydrogens is 484 g/mol. The van der Waals surface area contributed by atoms with E-state index >= 15 is 0 Å². The third kappa shape index (κ3) is 5.67. The summed E-state index contributed by atoms with van der Waals surface area (Å²) < 4.78 is 5.53. The van der Waals surface area contributed by atoms with Crippen LogP contribution in [0, 0.1) is 0 Å². The first-order chi connectivity index (χ1) is 18.3. The molecule has 2 aromatic rings. The zero-order chi connectivity index (χ0) is 26.7. The zero-order valence-corrected chi connectivity index (χ0v) is 22.0. The Morgan fingerprint density at radius 2 is 1.89 bits per heavy atom. The molecule has 2 amide bonds. The van der Waals surface area contributed by atoms with E-state index in [1.54, 1.807) is 6.20 Å². The van der Waals surface area contributed by atoms with Gasteiger partial charge in [-0.3, -0.25) is 4.79 Å². The summed E-state index contributed by atoms with van der Waals surface area (Å²) in [4.78, 5) is 39.9. The first-order valence-electron chi connectivity index (χ1n) is 13.2. The Hall–Kier alpha value is -3.86. The number of ether oxygens (including phenoxy) is 1. The molecule has 1 aromatic heterocycles. The second-order valence-electron chi connectivity index (χ2n) is 10.4. The molecule has 3 fully saturated rings. The number of guanidine groups is 1. The monoisotopic (exact) mass is 520 g/mol. The number of pyridine rings is 1. The SMILES string of the molecule is CN1CCC(N(C)C(=O)c2ccc(NC(N)=Nc3ncccc3N3CCC4(CC3)CNC(=O)O4)cc2)CC1. The van der Waals surface area contributed by atoms with Crippen LogP contribution in [-0.4, -0.2) is 91.2 Å². The van der Waals surface area contributed by atoms with Gasteiger partial charge < -0.3 is 35.8 Å². The van der Waals surface area contributed by atoms with Crippen molar-refractivity contribution in [3.8, 4) is 0 Å². The number of alkyl carbamates (subject to hydrolysis) is 1. The molecule has 0 atom stereocenters. The highest BCUT2D eigenvalue weighted by atomic mass is 16.6. The largest absolute Gasteiger partial charge is 0.441 e. The first-order valence-corrected chi connectivity index (χ1v) is 13.2. The Kier molecular flexibility index (Phi) is 7.37. The van der Waals surface area contributed by atoms with Gasteiger partial charge >= 0.3 is 6.09 Å². The Labute approximate surface area is 223 Å². The molecule has 0 bridgehead atoms. The summed E-state index contributed by atoms with van der Waals surface area (Å²) in [5, 5.41) is 5.87. The number of carbonyl (C=O) groups is 2. The number of anilines is 2. The summed E-state index contributed by atoms with van der Waals surface area (Å²) in [6.07, 6.45) is 4.79. The number of piperidine rings is 2. The molecule has 0 radical (unpaired) electrons. The number of nitrogens with one attached hydrogen (secondary N) is 2. The maximum Gasteiger partial charge on any atom is 0.407 e. The van der Waals surface area contributed by atoms with Crippen molar-refractivity contribution in [3.05, 3.63) is 48.2 Å². The molecular formula is C27H36N8O3. The molecule has 0 saturated carbocycles. The van der Waals surface area contributed by atoms with Gasteiger partial charge in [0.05, 0.1) is 12.2 Å². The fourth-order valence-corrected chi connectivity index (χ4v) is 5.40. The summed E-state index contributed by atoms with van der Waals surface area (Å²) in [5.41, 5.74) is 8.07. The number of likely N-dealkylation sites (tertiary alicyclic amines) is 1. The normalized spacial score (nSPS) is 20.2. The van der Waals surface area contributed by atoms with Crippen molar-refractivity contribution in [2.45, 2.75) is 37.3 Å². The molecule has 1 spiro atoms. The van der Waals surface area contributed by atoms with E-state index in [-0.39, 0.29) is 24.0 Å². The van der Waals surface area contributed by atoms with Crippen LogP contribution in [0.2, 0.25) is 0 Å². The fraction of sp³-hybridized carbons (Fsp3) is 0.481. The molecule has 0 aliphatic carbocycles. The molecule has 11 nitrogen and oxygen atoms in total. The summed E-state index contributed by atoms with van der Waals surface area (Å²) in [5.74, 6) is 0.744. The standard InChI is InChI=1S/C27H36N8O3/c1-33-14-9-21(10-15-33)34(2)24(36)19-5-7-20(8-6-19)31-25(28)32-23-22(4-3-13-29-23)35-16-11-27(12-17-35)18-30-26(37)38-27/h3-8,13,21H,9-12,14-18H2,1-2H3,(H,30,37)(H3,28,29,31,32). The molecule has 0 unspecified atom stereocenters. The van der Waals surface area contributed by atoms with Gasteiger partial charge in [-0.1, -0.05) is 0 Å². The van der Waals surface area contributed by atoms with Crippen LogP contribution in [0.3, 0.4) is 0 Å². The number of aromatic nitrogens is 1. The molecule has 202 valence electrons. The van der Waals surface area contributed by atoms with Crippen LogP contribution in [-0.2, 0) is 4.74 Å². The van der Waals surface area contributed by atoms with Crippen LogP contribution in [0.1, 0.15) is 36.0 Å².